The maximum absolute atomic E-state index is 11.1. The van der Waals surface area contributed by atoms with Gasteiger partial charge in [0.1, 0.15) is 5.75 Å². The molecule has 0 aromatic heterocycles. The second-order valence-corrected chi connectivity index (χ2v) is 5.81. The van der Waals surface area contributed by atoms with Crippen molar-refractivity contribution in [2.75, 3.05) is 20.2 Å². The van der Waals surface area contributed by atoms with Gasteiger partial charge in [-0.3, -0.25) is 9.69 Å². The van der Waals surface area contributed by atoms with Crippen molar-refractivity contribution < 1.29 is 14.6 Å². The first kappa shape index (κ1) is 15.4. The molecule has 20 heavy (non-hydrogen) atoms. The number of aliphatic carboxylic acids is 1. The number of carboxylic acids is 1. The Morgan fingerprint density at radius 1 is 1.45 bits per heavy atom. The highest BCUT2D eigenvalue weighted by Gasteiger charge is 2.25. The third-order valence-corrected chi connectivity index (χ3v) is 4.22. The number of carbonyl (C=O) groups is 1. The summed E-state index contributed by atoms with van der Waals surface area (Å²) in [5, 5.41) is 10.2. The normalized spacial score (nSPS) is 19.9. The van der Waals surface area contributed by atoms with Crippen molar-refractivity contribution in [3.63, 3.8) is 0 Å². The highest BCUT2D eigenvalue weighted by atomic mass is 35.5. The van der Waals surface area contributed by atoms with Gasteiger partial charge in [0, 0.05) is 24.2 Å². The molecule has 1 N–H and O–H groups in total. The van der Waals surface area contributed by atoms with Crippen molar-refractivity contribution >= 4 is 29.2 Å². The van der Waals surface area contributed by atoms with Crippen molar-refractivity contribution in [3.8, 4) is 5.75 Å². The van der Waals surface area contributed by atoms with Crippen molar-refractivity contribution in [3.05, 3.63) is 27.7 Å². The standard InChI is InChI=1S/C14H17Cl2NO3/c1-20-13-6-11(15)10(5-12(13)16)8-17-4-2-3-9(7-17)14(18)19/h5-6,9H,2-4,7-8H2,1H3,(H,18,19). The molecule has 1 unspecified atom stereocenters. The molecular formula is C14H17Cl2NO3. The lowest BCUT2D eigenvalue weighted by molar-refractivity contribution is -0.143. The molecule has 1 aliphatic heterocycles. The Kier molecular flexibility index (Phi) is 5.13. The van der Waals surface area contributed by atoms with Crippen LogP contribution in [0.3, 0.4) is 0 Å². The third-order valence-electron chi connectivity index (χ3n) is 3.57. The van der Waals surface area contributed by atoms with Crippen LogP contribution in [0.25, 0.3) is 0 Å². The van der Waals surface area contributed by atoms with E-state index in [0.717, 1.165) is 24.9 Å². The summed E-state index contributed by atoms with van der Waals surface area (Å²) in [6.45, 7) is 2.03. The predicted molar refractivity (Wildman–Crippen MR) is 78.7 cm³/mol. The molecule has 4 nitrogen and oxygen atoms in total. The molecule has 2 rings (SSSR count). The molecule has 0 aliphatic carbocycles. The minimum Gasteiger partial charge on any atom is -0.495 e. The lowest BCUT2D eigenvalue weighted by Crippen LogP contribution is -2.38. The first-order valence-corrected chi connectivity index (χ1v) is 7.24. The van der Waals surface area contributed by atoms with Crippen LogP contribution in [0, 0.1) is 5.92 Å². The Morgan fingerprint density at radius 2 is 2.20 bits per heavy atom. The van der Waals surface area contributed by atoms with E-state index in [0.29, 0.717) is 28.9 Å². The van der Waals surface area contributed by atoms with Crippen LogP contribution in [-0.2, 0) is 11.3 Å². The van der Waals surface area contributed by atoms with Gasteiger partial charge in [0.2, 0.25) is 0 Å². The van der Waals surface area contributed by atoms with E-state index in [4.69, 9.17) is 33.0 Å². The molecule has 1 fully saturated rings. The fourth-order valence-corrected chi connectivity index (χ4v) is 2.97. The van der Waals surface area contributed by atoms with Crippen molar-refractivity contribution in [1.29, 1.82) is 0 Å². The summed E-state index contributed by atoms with van der Waals surface area (Å²) in [4.78, 5) is 13.2. The first-order valence-electron chi connectivity index (χ1n) is 6.48. The monoisotopic (exact) mass is 317 g/mol. The quantitative estimate of drug-likeness (QED) is 0.925. The summed E-state index contributed by atoms with van der Waals surface area (Å²) >= 11 is 12.3. The van der Waals surface area contributed by atoms with E-state index in [1.165, 1.54) is 0 Å². The number of halogens is 2. The van der Waals surface area contributed by atoms with Crippen molar-refractivity contribution in [2.45, 2.75) is 19.4 Å². The zero-order chi connectivity index (χ0) is 14.7. The molecule has 0 amide bonds. The van der Waals surface area contributed by atoms with E-state index in [1.807, 2.05) is 0 Å². The molecule has 1 atom stereocenters. The molecule has 0 bridgehead atoms. The summed E-state index contributed by atoms with van der Waals surface area (Å²) in [7, 11) is 1.54. The highest BCUT2D eigenvalue weighted by molar-refractivity contribution is 6.34. The number of piperidine rings is 1. The molecule has 0 spiro atoms. The highest BCUT2D eigenvalue weighted by Crippen LogP contribution is 2.32. The number of carboxylic acid groups (broad SMARTS) is 1. The molecule has 1 aromatic carbocycles. The largest absolute Gasteiger partial charge is 0.495 e. The Morgan fingerprint density at radius 3 is 2.85 bits per heavy atom. The van der Waals surface area contributed by atoms with Crippen LogP contribution in [0.15, 0.2) is 12.1 Å². The summed E-state index contributed by atoms with van der Waals surface area (Å²) in [6.07, 6.45) is 1.63. The van der Waals surface area contributed by atoms with E-state index >= 15 is 0 Å². The number of rotatable bonds is 4. The second kappa shape index (κ2) is 6.66. The maximum atomic E-state index is 11.1. The van der Waals surface area contributed by atoms with Gasteiger partial charge in [-0.25, -0.2) is 0 Å². The van der Waals surface area contributed by atoms with Crippen molar-refractivity contribution in [1.82, 2.24) is 4.90 Å². The molecule has 1 aliphatic rings. The maximum Gasteiger partial charge on any atom is 0.307 e. The van der Waals surface area contributed by atoms with E-state index in [2.05, 4.69) is 4.90 Å². The topological polar surface area (TPSA) is 49.8 Å². The van der Waals surface area contributed by atoms with Crippen LogP contribution in [0.5, 0.6) is 5.75 Å². The Hall–Kier alpha value is -0.970. The Labute approximate surface area is 128 Å². The zero-order valence-electron chi connectivity index (χ0n) is 11.2. The van der Waals surface area contributed by atoms with Crippen LogP contribution in [-0.4, -0.2) is 36.2 Å². The van der Waals surface area contributed by atoms with Crippen LogP contribution in [0.2, 0.25) is 10.0 Å². The number of hydrogen-bond donors (Lipinski definition) is 1. The summed E-state index contributed by atoms with van der Waals surface area (Å²) in [5.41, 5.74) is 0.892. The van der Waals surface area contributed by atoms with Gasteiger partial charge in [0.05, 0.1) is 18.1 Å². The SMILES string of the molecule is COc1cc(Cl)c(CN2CCCC(C(=O)O)C2)cc1Cl. The smallest absolute Gasteiger partial charge is 0.307 e. The molecule has 0 saturated carbocycles. The second-order valence-electron chi connectivity index (χ2n) is 4.99. The number of hydrogen-bond acceptors (Lipinski definition) is 3. The van der Waals surface area contributed by atoms with Crippen LogP contribution < -0.4 is 4.74 Å². The van der Waals surface area contributed by atoms with Gasteiger partial charge in [-0.05, 0) is 31.0 Å². The number of benzene rings is 1. The minimum absolute atomic E-state index is 0.295. The molecule has 6 heteroatoms. The fourth-order valence-electron chi connectivity index (χ4n) is 2.49. The third kappa shape index (κ3) is 3.57. The lowest BCUT2D eigenvalue weighted by atomic mass is 9.98. The van der Waals surface area contributed by atoms with E-state index in [9.17, 15) is 4.79 Å². The van der Waals surface area contributed by atoms with Gasteiger partial charge in [0.25, 0.3) is 0 Å². The van der Waals surface area contributed by atoms with Gasteiger partial charge in [-0.1, -0.05) is 23.2 Å². The molecule has 0 radical (unpaired) electrons. The van der Waals surface area contributed by atoms with E-state index in [-0.39, 0.29) is 5.92 Å². The molecule has 110 valence electrons. The predicted octanol–water partition coefficient (Wildman–Crippen LogP) is 3.30. The first-order chi connectivity index (χ1) is 9.51. The Balaban J connectivity index is 2.10. The van der Waals surface area contributed by atoms with Gasteiger partial charge >= 0.3 is 5.97 Å². The molecule has 1 saturated heterocycles. The molecular weight excluding hydrogens is 301 g/mol. The lowest BCUT2D eigenvalue weighted by Gasteiger charge is -2.30. The van der Waals surface area contributed by atoms with Gasteiger partial charge < -0.3 is 9.84 Å². The van der Waals surface area contributed by atoms with Crippen LogP contribution >= 0.6 is 23.2 Å². The van der Waals surface area contributed by atoms with Gasteiger partial charge in [-0.15, -0.1) is 0 Å². The molecule has 1 heterocycles. The minimum atomic E-state index is -0.728. The van der Waals surface area contributed by atoms with E-state index in [1.54, 1.807) is 19.2 Å². The summed E-state index contributed by atoms with van der Waals surface area (Å²) in [6, 6.07) is 3.48. The van der Waals surface area contributed by atoms with E-state index < -0.39 is 5.97 Å². The molecule has 1 aromatic rings. The van der Waals surface area contributed by atoms with Gasteiger partial charge in [0.15, 0.2) is 0 Å². The number of ether oxygens (including phenoxy) is 1. The van der Waals surface area contributed by atoms with Gasteiger partial charge in [-0.2, -0.15) is 0 Å². The average Bonchev–Trinajstić information content (AvgIpc) is 2.42. The summed E-state index contributed by atoms with van der Waals surface area (Å²) in [5.74, 6) is -0.479. The fraction of sp³-hybridized carbons (Fsp3) is 0.500. The number of methoxy groups -OCH3 is 1. The van der Waals surface area contributed by atoms with Crippen LogP contribution in [0.1, 0.15) is 18.4 Å². The Bertz CT molecular complexity index is 507. The zero-order valence-corrected chi connectivity index (χ0v) is 12.7. The average molecular weight is 318 g/mol. The number of likely N-dealkylation sites (tertiary alicyclic amines) is 1. The van der Waals surface area contributed by atoms with Crippen molar-refractivity contribution in [2.24, 2.45) is 5.92 Å². The summed E-state index contributed by atoms with van der Waals surface area (Å²) < 4.78 is 5.11. The number of nitrogens with zero attached hydrogens (tertiary/aromatic N) is 1. The van der Waals surface area contributed by atoms with Crippen LogP contribution in [0.4, 0.5) is 0 Å².